The third kappa shape index (κ3) is 3.42. The van der Waals surface area contributed by atoms with Crippen molar-refractivity contribution >= 4 is 6.09 Å². The van der Waals surface area contributed by atoms with Crippen molar-refractivity contribution in [1.29, 1.82) is 0 Å². The Labute approximate surface area is 101 Å². The van der Waals surface area contributed by atoms with E-state index in [2.05, 4.69) is 10.3 Å². The van der Waals surface area contributed by atoms with E-state index in [4.69, 9.17) is 10.8 Å². The fourth-order valence-corrected chi connectivity index (χ4v) is 1.70. The lowest BCUT2D eigenvalue weighted by atomic mass is 9.83. The van der Waals surface area contributed by atoms with Gasteiger partial charge in [-0.15, -0.1) is 0 Å². The second-order valence-corrected chi connectivity index (χ2v) is 5.00. The van der Waals surface area contributed by atoms with E-state index in [1.54, 1.807) is 12.3 Å². The van der Waals surface area contributed by atoms with Crippen LogP contribution in [0.15, 0.2) is 18.3 Å². The molecule has 0 aromatic carbocycles. The van der Waals surface area contributed by atoms with Gasteiger partial charge in [-0.1, -0.05) is 26.8 Å². The number of hydrogen-bond acceptors (Lipinski definition) is 3. The van der Waals surface area contributed by atoms with E-state index in [0.29, 0.717) is 12.2 Å². The molecule has 0 saturated heterocycles. The Bertz CT molecular complexity index is 399. The van der Waals surface area contributed by atoms with Gasteiger partial charge in [0, 0.05) is 12.7 Å². The van der Waals surface area contributed by atoms with Gasteiger partial charge in [0.05, 0.1) is 11.7 Å². The summed E-state index contributed by atoms with van der Waals surface area (Å²) >= 11 is 0. The number of carbonyl (C=O) groups is 1. The van der Waals surface area contributed by atoms with Crippen LogP contribution in [0, 0.1) is 5.41 Å². The monoisotopic (exact) mass is 237 g/mol. The van der Waals surface area contributed by atoms with Gasteiger partial charge in [-0.05, 0) is 17.0 Å². The van der Waals surface area contributed by atoms with Crippen LogP contribution in [-0.2, 0) is 6.54 Å². The first-order chi connectivity index (χ1) is 7.86. The molecule has 0 saturated carbocycles. The summed E-state index contributed by atoms with van der Waals surface area (Å²) in [6, 6.07) is 3.29. The lowest BCUT2D eigenvalue weighted by Gasteiger charge is -2.31. The number of nitrogens with two attached hydrogens (primary N) is 1. The predicted molar refractivity (Wildman–Crippen MR) is 65.5 cm³/mol. The van der Waals surface area contributed by atoms with Crippen LogP contribution >= 0.6 is 0 Å². The zero-order chi connectivity index (χ0) is 13.1. The average molecular weight is 237 g/mol. The Morgan fingerprint density at radius 1 is 1.59 bits per heavy atom. The Hall–Kier alpha value is -1.62. The quantitative estimate of drug-likeness (QED) is 0.749. The van der Waals surface area contributed by atoms with Gasteiger partial charge in [-0.3, -0.25) is 4.98 Å². The molecular formula is C12H19N3O2. The molecule has 0 aliphatic rings. The maximum absolute atomic E-state index is 10.9. The smallest absolute Gasteiger partial charge is 0.405 e. The molecule has 1 aromatic rings. The molecule has 4 N–H and O–H groups in total. The molecule has 0 bridgehead atoms. The number of carboxylic acid groups (broad SMARTS) is 1. The molecule has 0 aliphatic carbocycles. The molecule has 1 unspecified atom stereocenters. The molecule has 94 valence electrons. The molecular weight excluding hydrogens is 218 g/mol. The van der Waals surface area contributed by atoms with Crippen LogP contribution in [0.2, 0.25) is 0 Å². The summed E-state index contributed by atoms with van der Waals surface area (Å²) in [7, 11) is 0. The molecule has 0 spiro atoms. The molecule has 0 aliphatic heterocycles. The minimum absolute atomic E-state index is 0.267. The Morgan fingerprint density at radius 3 is 2.71 bits per heavy atom. The molecule has 1 aromatic heterocycles. The van der Waals surface area contributed by atoms with Crippen LogP contribution < -0.4 is 11.1 Å². The molecule has 1 rings (SSSR count). The molecule has 0 radical (unpaired) electrons. The van der Waals surface area contributed by atoms with Crippen molar-refractivity contribution in [3.8, 4) is 0 Å². The van der Waals surface area contributed by atoms with Gasteiger partial charge in [-0.2, -0.15) is 0 Å². The van der Waals surface area contributed by atoms with Crippen molar-refractivity contribution in [3.63, 3.8) is 0 Å². The van der Waals surface area contributed by atoms with Gasteiger partial charge in [-0.25, -0.2) is 4.79 Å². The summed E-state index contributed by atoms with van der Waals surface area (Å²) in [5.74, 6) is 0. The molecule has 0 fully saturated rings. The van der Waals surface area contributed by atoms with Crippen LogP contribution in [0.4, 0.5) is 4.79 Å². The maximum atomic E-state index is 10.9. The largest absolute Gasteiger partial charge is 0.465 e. The van der Waals surface area contributed by atoms with Gasteiger partial charge < -0.3 is 16.2 Å². The topological polar surface area (TPSA) is 88.2 Å². The van der Waals surface area contributed by atoms with E-state index in [9.17, 15) is 4.79 Å². The number of nitrogens with zero attached hydrogens (tertiary/aromatic N) is 1. The maximum Gasteiger partial charge on any atom is 0.405 e. The number of pyridine rings is 1. The molecule has 5 nitrogen and oxygen atoms in total. The first-order valence-corrected chi connectivity index (χ1v) is 5.49. The second kappa shape index (κ2) is 5.14. The van der Waals surface area contributed by atoms with Crippen molar-refractivity contribution in [2.75, 3.05) is 0 Å². The average Bonchev–Trinajstić information content (AvgIpc) is 2.24. The molecule has 1 heterocycles. The van der Waals surface area contributed by atoms with Crippen molar-refractivity contribution in [3.05, 3.63) is 29.6 Å². The lowest BCUT2D eigenvalue weighted by molar-refractivity contribution is 0.173. The SMILES string of the molecule is CC(C)(C)C(NC(=O)O)c1ncccc1CN. The van der Waals surface area contributed by atoms with Gasteiger partial charge in [0.15, 0.2) is 0 Å². The minimum Gasteiger partial charge on any atom is -0.465 e. The summed E-state index contributed by atoms with van der Waals surface area (Å²) in [5.41, 5.74) is 6.94. The fourth-order valence-electron chi connectivity index (χ4n) is 1.70. The Morgan fingerprint density at radius 2 is 2.24 bits per heavy atom. The van der Waals surface area contributed by atoms with Gasteiger partial charge in [0.25, 0.3) is 0 Å². The minimum atomic E-state index is -1.06. The zero-order valence-electron chi connectivity index (χ0n) is 10.4. The van der Waals surface area contributed by atoms with Crippen molar-refractivity contribution < 1.29 is 9.90 Å². The standard InChI is InChI=1S/C12H19N3O2/c1-12(2,3)10(15-11(16)17)9-8(7-13)5-4-6-14-9/h4-6,10,15H,7,13H2,1-3H3,(H,16,17). The summed E-state index contributed by atoms with van der Waals surface area (Å²) in [4.78, 5) is 15.1. The van der Waals surface area contributed by atoms with E-state index >= 15 is 0 Å². The highest BCUT2D eigenvalue weighted by atomic mass is 16.4. The molecule has 17 heavy (non-hydrogen) atoms. The van der Waals surface area contributed by atoms with E-state index in [-0.39, 0.29) is 11.5 Å². The number of rotatable bonds is 3. The van der Waals surface area contributed by atoms with E-state index < -0.39 is 6.09 Å². The van der Waals surface area contributed by atoms with Gasteiger partial charge >= 0.3 is 6.09 Å². The highest BCUT2D eigenvalue weighted by Gasteiger charge is 2.30. The van der Waals surface area contributed by atoms with Crippen LogP contribution in [-0.4, -0.2) is 16.2 Å². The first kappa shape index (κ1) is 13.4. The molecule has 5 heteroatoms. The highest BCUT2D eigenvalue weighted by molar-refractivity contribution is 5.65. The second-order valence-electron chi connectivity index (χ2n) is 5.00. The Kier molecular flexibility index (Phi) is 4.07. The Balaban J connectivity index is 3.17. The third-order valence-corrected chi connectivity index (χ3v) is 2.55. The van der Waals surface area contributed by atoms with Crippen molar-refractivity contribution in [2.45, 2.75) is 33.4 Å². The highest BCUT2D eigenvalue weighted by Crippen LogP contribution is 2.33. The van der Waals surface area contributed by atoms with E-state index in [0.717, 1.165) is 5.56 Å². The number of aromatic nitrogens is 1. The third-order valence-electron chi connectivity index (χ3n) is 2.55. The van der Waals surface area contributed by atoms with Crippen LogP contribution in [0.5, 0.6) is 0 Å². The number of hydrogen-bond donors (Lipinski definition) is 3. The van der Waals surface area contributed by atoms with E-state index in [1.807, 2.05) is 26.8 Å². The predicted octanol–water partition coefficient (Wildman–Crippen LogP) is 1.90. The summed E-state index contributed by atoms with van der Waals surface area (Å²) in [6.07, 6.45) is 0.593. The fraction of sp³-hybridized carbons (Fsp3) is 0.500. The first-order valence-electron chi connectivity index (χ1n) is 5.49. The van der Waals surface area contributed by atoms with Crippen LogP contribution in [0.1, 0.15) is 38.1 Å². The van der Waals surface area contributed by atoms with Crippen molar-refractivity contribution in [2.24, 2.45) is 11.1 Å². The molecule has 1 amide bonds. The van der Waals surface area contributed by atoms with Gasteiger partial charge in [0.2, 0.25) is 0 Å². The summed E-state index contributed by atoms with van der Waals surface area (Å²) in [5, 5.41) is 11.4. The van der Waals surface area contributed by atoms with Crippen molar-refractivity contribution in [1.82, 2.24) is 10.3 Å². The molecule has 1 atom stereocenters. The van der Waals surface area contributed by atoms with Crippen LogP contribution in [0.3, 0.4) is 0 Å². The zero-order valence-corrected chi connectivity index (χ0v) is 10.4. The normalized spacial score (nSPS) is 13.2. The number of amides is 1. The summed E-state index contributed by atoms with van der Waals surface area (Å²) in [6.45, 7) is 6.23. The summed E-state index contributed by atoms with van der Waals surface area (Å²) < 4.78 is 0. The van der Waals surface area contributed by atoms with Gasteiger partial charge in [0.1, 0.15) is 0 Å². The lowest BCUT2D eigenvalue weighted by Crippen LogP contribution is -2.37. The van der Waals surface area contributed by atoms with E-state index in [1.165, 1.54) is 0 Å². The number of nitrogens with one attached hydrogen (secondary N) is 1. The van der Waals surface area contributed by atoms with Crippen LogP contribution in [0.25, 0.3) is 0 Å².